The third-order valence-electron chi connectivity index (χ3n) is 5.99. The Labute approximate surface area is 165 Å². The number of hydrogen-bond acceptors (Lipinski definition) is 5. The number of hydrogen-bond donors (Lipinski definition) is 2. The number of ether oxygens (including phenoxy) is 1. The summed E-state index contributed by atoms with van der Waals surface area (Å²) in [5.41, 5.74) is 1.71. The Kier molecular flexibility index (Phi) is 4.55. The van der Waals surface area contributed by atoms with Gasteiger partial charge in [0.2, 0.25) is 0 Å². The SMILES string of the molecule is BC1=CC([C@]2(CN3Cc4ccc(OC)cc4C3O)NC(=O)N(C)C2=O)CC=C1. The molecule has 146 valence electrons. The molecule has 0 spiro atoms. The van der Waals surface area contributed by atoms with Gasteiger partial charge in [0.05, 0.1) is 7.11 Å². The van der Waals surface area contributed by atoms with E-state index >= 15 is 0 Å². The molecular formula is C20H24BN3O4. The van der Waals surface area contributed by atoms with Gasteiger partial charge in [-0.3, -0.25) is 14.6 Å². The number of rotatable bonds is 4. The maximum Gasteiger partial charge on any atom is 0.324 e. The summed E-state index contributed by atoms with van der Waals surface area (Å²) in [6.07, 6.45) is 5.88. The Morgan fingerprint density at radius 2 is 2.18 bits per heavy atom. The van der Waals surface area contributed by atoms with Crippen molar-refractivity contribution in [3.8, 4) is 5.75 Å². The predicted molar refractivity (Wildman–Crippen MR) is 106 cm³/mol. The highest BCUT2D eigenvalue weighted by molar-refractivity contribution is 6.23. The van der Waals surface area contributed by atoms with Crippen molar-refractivity contribution in [2.75, 3.05) is 20.7 Å². The van der Waals surface area contributed by atoms with E-state index < -0.39 is 17.8 Å². The second-order valence-electron chi connectivity index (χ2n) is 7.76. The molecule has 0 saturated carbocycles. The summed E-state index contributed by atoms with van der Waals surface area (Å²) in [6, 6.07) is 5.21. The Morgan fingerprint density at radius 1 is 1.39 bits per heavy atom. The topological polar surface area (TPSA) is 82.1 Å². The van der Waals surface area contributed by atoms with Crippen molar-refractivity contribution in [2.24, 2.45) is 5.92 Å². The zero-order chi connectivity index (χ0) is 20.1. The first-order chi connectivity index (χ1) is 13.4. The van der Waals surface area contributed by atoms with Crippen molar-refractivity contribution in [3.05, 3.63) is 53.0 Å². The van der Waals surface area contributed by atoms with Gasteiger partial charge in [0, 0.05) is 31.6 Å². The molecule has 8 heteroatoms. The van der Waals surface area contributed by atoms with Gasteiger partial charge >= 0.3 is 6.03 Å². The number of likely N-dealkylation sites (N-methyl/N-ethyl adjacent to an activating group) is 1. The van der Waals surface area contributed by atoms with E-state index in [0.29, 0.717) is 18.7 Å². The highest BCUT2D eigenvalue weighted by Crippen LogP contribution is 2.39. The maximum absolute atomic E-state index is 13.2. The fourth-order valence-electron chi connectivity index (χ4n) is 4.43. The lowest BCUT2D eigenvalue weighted by molar-refractivity contribution is -0.134. The van der Waals surface area contributed by atoms with E-state index in [9.17, 15) is 14.7 Å². The van der Waals surface area contributed by atoms with Crippen LogP contribution in [0.25, 0.3) is 0 Å². The predicted octanol–water partition coefficient (Wildman–Crippen LogP) is 0.515. The van der Waals surface area contributed by atoms with Gasteiger partial charge in [-0.05, 0) is 24.1 Å². The average molecular weight is 381 g/mol. The Bertz CT molecular complexity index is 899. The maximum atomic E-state index is 13.2. The summed E-state index contributed by atoms with van der Waals surface area (Å²) >= 11 is 0. The van der Waals surface area contributed by atoms with Crippen molar-refractivity contribution in [1.82, 2.24) is 15.1 Å². The lowest BCUT2D eigenvalue weighted by Gasteiger charge is -2.38. The van der Waals surface area contributed by atoms with Crippen molar-refractivity contribution in [1.29, 1.82) is 0 Å². The Hall–Kier alpha value is -2.58. The quantitative estimate of drug-likeness (QED) is 0.587. The van der Waals surface area contributed by atoms with E-state index in [0.717, 1.165) is 21.5 Å². The van der Waals surface area contributed by atoms with Gasteiger partial charge in [-0.2, -0.15) is 0 Å². The number of methoxy groups -OCH3 is 1. The fraction of sp³-hybridized carbons (Fsp3) is 0.400. The highest BCUT2D eigenvalue weighted by Gasteiger charge is 2.55. The van der Waals surface area contributed by atoms with Crippen LogP contribution >= 0.6 is 0 Å². The van der Waals surface area contributed by atoms with E-state index in [1.807, 2.05) is 49.2 Å². The molecule has 4 rings (SSSR count). The molecule has 28 heavy (non-hydrogen) atoms. The summed E-state index contributed by atoms with van der Waals surface area (Å²) < 4.78 is 5.27. The number of carbonyl (C=O) groups is 2. The number of nitrogens with zero attached hydrogens (tertiary/aromatic N) is 2. The first-order valence-corrected chi connectivity index (χ1v) is 9.40. The van der Waals surface area contributed by atoms with Crippen LogP contribution < -0.4 is 10.1 Å². The monoisotopic (exact) mass is 381 g/mol. The first-order valence-electron chi connectivity index (χ1n) is 9.40. The number of fused-ring (bicyclic) bond motifs is 1. The van der Waals surface area contributed by atoms with Gasteiger partial charge in [0.25, 0.3) is 5.91 Å². The Morgan fingerprint density at radius 3 is 2.82 bits per heavy atom. The molecule has 1 aliphatic carbocycles. The minimum absolute atomic E-state index is 0.177. The molecule has 3 amide bonds. The summed E-state index contributed by atoms with van der Waals surface area (Å²) in [7, 11) is 5.06. The molecule has 1 aromatic rings. The normalized spacial score (nSPS) is 29.7. The van der Waals surface area contributed by atoms with Crippen LogP contribution in [0.3, 0.4) is 0 Å². The van der Waals surface area contributed by atoms with Crippen LogP contribution in [0, 0.1) is 5.92 Å². The van der Waals surface area contributed by atoms with E-state index in [2.05, 4.69) is 5.32 Å². The zero-order valence-electron chi connectivity index (χ0n) is 16.3. The minimum atomic E-state index is -1.11. The van der Waals surface area contributed by atoms with Gasteiger partial charge in [-0.1, -0.05) is 29.8 Å². The fourth-order valence-corrected chi connectivity index (χ4v) is 4.43. The number of urea groups is 1. The number of aliphatic hydroxyl groups excluding tert-OH is 1. The molecule has 2 N–H and O–H groups in total. The van der Waals surface area contributed by atoms with E-state index in [1.165, 1.54) is 7.05 Å². The van der Waals surface area contributed by atoms with Gasteiger partial charge in [0.15, 0.2) is 0 Å². The standard InChI is InChI=1S/C20H24BN3O4/c1-23-18(26)20(22-19(23)27,13-4-3-5-14(21)8-13)11-24-10-12-6-7-15(28-2)9-16(12)17(24)25/h3,5-9,13,17,25H,4,10-11,21H2,1-2H3,(H,22,27)/t13?,17?,20-/m0/s1. The second kappa shape index (κ2) is 6.79. The molecule has 1 aromatic carbocycles. The zero-order valence-corrected chi connectivity index (χ0v) is 16.3. The van der Waals surface area contributed by atoms with Crippen LogP contribution in [-0.4, -0.2) is 60.9 Å². The van der Waals surface area contributed by atoms with Crippen molar-refractivity contribution in [2.45, 2.75) is 24.7 Å². The molecule has 2 unspecified atom stereocenters. The molecule has 7 nitrogen and oxygen atoms in total. The van der Waals surface area contributed by atoms with E-state index in [4.69, 9.17) is 4.74 Å². The van der Waals surface area contributed by atoms with Crippen LogP contribution in [0.1, 0.15) is 23.8 Å². The number of carbonyl (C=O) groups excluding carboxylic acids is 2. The van der Waals surface area contributed by atoms with Crippen molar-refractivity contribution < 1.29 is 19.4 Å². The van der Waals surface area contributed by atoms with Crippen LogP contribution in [0.15, 0.2) is 41.9 Å². The lowest BCUT2D eigenvalue weighted by Crippen LogP contribution is -2.59. The van der Waals surface area contributed by atoms with Crippen LogP contribution in [0.4, 0.5) is 4.79 Å². The molecule has 3 atom stereocenters. The van der Waals surface area contributed by atoms with Gasteiger partial charge in [-0.15, -0.1) is 0 Å². The van der Waals surface area contributed by atoms with Gasteiger partial charge in [0.1, 0.15) is 25.4 Å². The van der Waals surface area contributed by atoms with Crippen LogP contribution in [0.5, 0.6) is 5.75 Å². The molecule has 0 bridgehead atoms. The van der Waals surface area contributed by atoms with Crippen LogP contribution in [-0.2, 0) is 11.3 Å². The molecule has 0 radical (unpaired) electrons. The minimum Gasteiger partial charge on any atom is -0.497 e. The average Bonchev–Trinajstić information content (AvgIpc) is 3.11. The second-order valence-corrected chi connectivity index (χ2v) is 7.76. The molecule has 2 aliphatic heterocycles. The molecule has 1 saturated heterocycles. The van der Waals surface area contributed by atoms with Gasteiger partial charge < -0.3 is 15.2 Å². The number of amides is 3. The van der Waals surface area contributed by atoms with E-state index in [1.54, 1.807) is 7.11 Å². The lowest BCUT2D eigenvalue weighted by atomic mass is 9.74. The molecule has 3 aliphatic rings. The molecule has 0 aromatic heterocycles. The number of allylic oxidation sites excluding steroid dienone is 3. The summed E-state index contributed by atoms with van der Waals surface area (Å²) in [4.78, 5) is 28.5. The first kappa shape index (κ1) is 18.8. The summed E-state index contributed by atoms with van der Waals surface area (Å²) in [5, 5.41) is 13.8. The number of aliphatic hydroxyl groups is 1. The van der Waals surface area contributed by atoms with Crippen molar-refractivity contribution >= 4 is 19.8 Å². The van der Waals surface area contributed by atoms with Crippen LogP contribution in [0.2, 0.25) is 0 Å². The number of benzene rings is 1. The molecule has 1 fully saturated rings. The van der Waals surface area contributed by atoms with E-state index in [-0.39, 0.29) is 18.4 Å². The summed E-state index contributed by atoms with van der Waals surface area (Å²) in [6.45, 7) is 0.725. The van der Waals surface area contributed by atoms with Crippen molar-refractivity contribution in [3.63, 3.8) is 0 Å². The smallest absolute Gasteiger partial charge is 0.324 e. The summed E-state index contributed by atoms with van der Waals surface area (Å²) in [5.74, 6) is 0.238. The highest BCUT2D eigenvalue weighted by atomic mass is 16.5. The molecule has 2 heterocycles. The third-order valence-corrected chi connectivity index (χ3v) is 5.99. The number of nitrogens with one attached hydrogen (secondary N) is 1. The third kappa shape index (κ3) is 2.84. The largest absolute Gasteiger partial charge is 0.497 e. The van der Waals surface area contributed by atoms with Gasteiger partial charge in [-0.25, -0.2) is 4.79 Å². The Balaban J connectivity index is 1.67. The number of imide groups is 1. The molecular weight excluding hydrogens is 357 g/mol.